The summed E-state index contributed by atoms with van der Waals surface area (Å²) in [5.74, 6) is 0.215. The molecule has 1 heterocycles. The zero-order chi connectivity index (χ0) is 11.5. The molecule has 0 aromatic rings. The first-order chi connectivity index (χ1) is 7.01. The number of rotatable bonds is 4. The molecule has 0 radical (unpaired) electrons. The van der Waals surface area contributed by atoms with Crippen molar-refractivity contribution < 1.29 is 8.42 Å². The Bertz CT molecular complexity index is 282. The fourth-order valence-electron chi connectivity index (χ4n) is 2.13. The van der Waals surface area contributed by atoms with Crippen LogP contribution in [0, 0.1) is 0 Å². The van der Waals surface area contributed by atoms with Crippen LogP contribution in [-0.4, -0.2) is 56.1 Å². The van der Waals surface area contributed by atoms with Crippen LogP contribution in [-0.2, 0) is 10.0 Å². The Morgan fingerprint density at radius 2 is 1.80 bits per heavy atom. The van der Waals surface area contributed by atoms with Crippen LogP contribution >= 0.6 is 0 Å². The molecule has 0 aromatic heterocycles. The maximum absolute atomic E-state index is 11.8. The van der Waals surface area contributed by atoms with Crippen LogP contribution in [0.1, 0.15) is 26.7 Å². The summed E-state index contributed by atoms with van der Waals surface area (Å²) >= 11 is 0. The van der Waals surface area contributed by atoms with Gasteiger partial charge < -0.3 is 4.90 Å². The predicted octanol–water partition coefficient (Wildman–Crippen LogP) is 0.752. The molecule has 1 aliphatic heterocycles. The van der Waals surface area contributed by atoms with Crippen molar-refractivity contribution in [1.82, 2.24) is 9.21 Å². The second kappa shape index (κ2) is 5.27. The summed E-state index contributed by atoms with van der Waals surface area (Å²) in [5.41, 5.74) is 0. The largest absolute Gasteiger partial charge is 0.306 e. The van der Waals surface area contributed by atoms with E-state index in [1.807, 2.05) is 6.92 Å². The number of piperidine rings is 1. The van der Waals surface area contributed by atoms with Gasteiger partial charge in [-0.05, 0) is 39.9 Å². The van der Waals surface area contributed by atoms with Gasteiger partial charge in [-0.25, -0.2) is 8.42 Å². The fourth-order valence-corrected chi connectivity index (χ4v) is 3.52. The van der Waals surface area contributed by atoms with E-state index in [0.29, 0.717) is 6.54 Å². The lowest BCUT2D eigenvalue weighted by molar-refractivity contribution is 0.186. The minimum absolute atomic E-state index is 0.215. The first kappa shape index (κ1) is 12.9. The van der Waals surface area contributed by atoms with Gasteiger partial charge in [-0.1, -0.05) is 6.92 Å². The third-order valence-corrected chi connectivity index (χ3v) is 5.13. The fraction of sp³-hybridized carbons (Fsp3) is 1.00. The summed E-state index contributed by atoms with van der Waals surface area (Å²) in [7, 11) is -0.928. The molecule has 0 amide bonds. The molecule has 1 aliphatic rings. The number of hydrogen-bond acceptors (Lipinski definition) is 3. The predicted molar refractivity (Wildman–Crippen MR) is 62.4 cm³/mol. The van der Waals surface area contributed by atoms with Gasteiger partial charge in [0.15, 0.2) is 0 Å². The van der Waals surface area contributed by atoms with E-state index in [1.54, 1.807) is 11.2 Å². The van der Waals surface area contributed by atoms with Crippen LogP contribution in [0.15, 0.2) is 0 Å². The van der Waals surface area contributed by atoms with Crippen molar-refractivity contribution in [2.24, 2.45) is 0 Å². The second-order valence-electron chi connectivity index (χ2n) is 4.14. The molecule has 5 heteroatoms. The summed E-state index contributed by atoms with van der Waals surface area (Å²) in [6.45, 7) is 6.24. The highest BCUT2D eigenvalue weighted by atomic mass is 32.2. The number of likely N-dealkylation sites (tertiary alicyclic amines) is 1. The van der Waals surface area contributed by atoms with Gasteiger partial charge in [-0.2, -0.15) is 4.31 Å². The highest BCUT2D eigenvalue weighted by Crippen LogP contribution is 2.18. The van der Waals surface area contributed by atoms with Crippen LogP contribution in [0.5, 0.6) is 0 Å². The third kappa shape index (κ3) is 3.16. The zero-order valence-corrected chi connectivity index (χ0v) is 10.8. The lowest BCUT2D eigenvalue weighted by Gasteiger charge is -2.35. The number of hydrogen-bond donors (Lipinski definition) is 0. The van der Waals surface area contributed by atoms with Gasteiger partial charge in [0.2, 0.25) is 10.0 Å². The summed E-state index contributed by atoms with van der Waals surface area (Å²) in [4.78, 5) is 2.25. The molecule has 0 aromatic carbocycles. The quantitative estimate of drug-likeness (QED) is 0.721. The Labute approximate surface area is 93.3 Å². The van der Waals surface area contributed by atoms with Gasteiger partial charge >= 0.3 is 0 Å². The van der Waals surface area contributed by atoms with Gasteiger partial charge in [0.1, 0.15) is 0 Å². The summed E-state index contributed by atoms with van der Waals surface area (Å²) in [6, 6.07) is 0.219. The Hall–Kier alpha value is -0.130. The minimum atomic E-state index is -3.01. The van der Waals surface area contributed by atoms with Crippen molar-refractivity contribution in [1.29, 1.82) is 0 Å². The van der Waals surface area contributed by atoms with Crippen LogP contribution in [0.25, 0.3) is 0 Å². The van der Waals surface area contributed by atoms with E-state index in [-0.39, 0.29) is 11.8 Å². The molecule has 0 N–H and O–H groups in total. The van der Waals surface area contributed by atoms with Crippen LogP contribution in [0.2, 0.25) is 0 Å². The molecule has 1 rings (SSSR count). The average Bonchev–Trinajstić information content (AvgIpc) is 2.22. The second-order valence-corrected chi connectivity index (χ2v) is 6.35. The molecule has 0 unspecified atom stereocenters. The van der Waals surface area contributed by atoms with Crippen molar-refractivity contribution in [3.8, 4) is 0 Å². The molecule has 0 spiro atoms. The van der Waals surface area contributed by atoms with Crippen molar-refractivity contribution in [3.63, 3.8) is 0 Å². The monoisotopic (exact) mass is 234 g/mol. The SMILES string of the molecule is CCN(C1CCN(C)CC1)S(=O)(=O)CC. The lowest BCUT2D eigenvalue weighted by atomic mass is 10.1. The lowest BCUT2D eigenvalue weighted by Crippen LogP contribution is -2.46. The summed E-state index contributed by atoms with van der Waals surface area (Å²) in [5, 5.41) is 0. The number of nitrogens with zero attached hydrogens (tertiary/aromatic N) is 2. The van der Waals surface area contributed by atoms with Gasteiger partial charge in [0.25, 0.3) is 0 Å². The molecule has 0 atom stereocenters. The third-order valence-electron chi connectivity index (χ3n) is 3.13. The molecule has 1 fully saturated rings. The molecule has 15 heavy (non-hydrogen) atoms. The maximum atomic E-state index is 11.8. The average molecular weight is 234 g/mol. The van der Waals surface area contributed by atoms with Gasteiger partial charge in [-0.3, -0.25) is 0 Å². The van der Waals surface area contributed by atoms with E-state index >= 15 is 0 Å². The van der Waals surface area contributed by atoms with Crippen molar-refractivity contribution in [3.05, 3.63) is 0 Å². The van der Waals surface area contributed by atoms with E-state index in [1.165, 1.54) is 0 Å². The minimum Gasteiger partial charge on any atom is -0.306 e. The van der Waals surface area contributed by atoms with E-state index in [2.05, 4.69) is 11.9 Å². The highest BCUT2D eigenvalue weighted by molar-refractivity contribution is 7.89. The van der Waals surface area contributed by atoms with Crippen molar-refractivity contribution in [2.75, 3.05) is 32.4 Å². The molecular formula is C10H22N2O2S. The van der Waals surface area contributed by atoms with Crippen LogP contribution in [0.4, 0.5) is 0 Å². The highest BCUT2D eigenvalue weighted by Gasteiger charge is 2.29. The topological polar surface area (TPSA) is 40.6 Å². The smallest absolute Gasteiger partial charge is 0.214 e. The van der Waals surface area contributed by atoms with E-state index in [4.69, 9.17) is 0 Å². The van der Waals surface area contributed by atoms with E-state index < -0.39 is 10.0 Å². The van der Waals surface area contributed by atoms with E-state index in [0.717, 1.165) is 25.9 Å². The van der Waals surface area contributed by atoms with Crippen molar-refractivity contribution in [2.45, 2.75) is 32.7 Å². The molecule has 1 saturated heterocycles. The number of sulfonamides is 1. The van der Waals surface area contributed by atoms with Gasteiger partial charge in [0, 0.05) is 12.6 Å². The summed E-state index contributed by atoms with van der Waals surface area (Å²) in [6.07, 6.45) is 1.92. The van der Waals surface area contributed by atoms with Crippen LogP contribution in [0.3, 0.4) is 0 Å². The molecule has 90 valence electrons. The summed E-state index contributed by atoms with van der Waals surface area (Å²) < 4.78 is 25.3. The Kier molecular flexibility index (Phi) is 4.55. The zero-order valence-electron chi connectivity index (χ0n) is 9.94. The Morgan fingerprint density at radius 1 is 1.27 bits per heavy atom. The normalized spacial score (nSPS) is 21.1. The van der Waals surface area contributed by atoms with Crippen molar-refractivity contribution >= 4 is 10.0 Å². The van der Waals surface area contributed by atoms with E-state index in [9.17, 15) is 8.42 Å². The van der Waals surface area contributed by atoms with Gasteiger partial charge in [0.05, 0.1) is 5.75 Å². The molecule has 0 bridgehead atoms. The Morgan fingerprint density at radius 3 is 2.20 bits per heavy atom. The first-order valence-electron chi connectivity index (χ1n) is 5.69. The van der Waals surface area contributed by atoms with Crippen LogP contribution < -0.4 is 0 Å². The van der Waals surface area contributed by atoms with Gasteiger partial charge in [-0.15, -0.1) is 0 Å². The molecule has 0 saturated carbocycles. The standard InChI is InChI=1S/C10H22N2O2S/c1-4-12(15(13,14)5-2)10-6-8-11(3)9-7-10/h10H,4-9H2,1-3H3. The molecular weight excluding hydrogens is 212 g/mol. The first-order valence-corrected chi connectivity index (χ1v) is 7.30. The molecule has 0 aliphatic carbocycles. The Balaban J connectivity index is 2.68. The maximum Gasteiger partial charge on any atom is 0.214 e. The molecule has 4 nitrogen and oxygen atoms in total.